The molecule has 0 bridgehead atoms. The molecule has 4 nitrogen and oxygen atoms in total. The van der Waals surface area contributed by atoms with Gasteiger partial charge in [0, 0.05) is 12.3 Å². The Kier molecular flexibility index (Phi) is 10.5. The van der Waals surface area contributed by atoms with E-state index in [1.54, 1.807) is 11.3 Å². The molecule has 2 aromatic rings. The van der Waals surface area contributed by atoms with Gasteiger partial charge in [0.1, 0.15) is 5.69 Å². The second-order valence-electron chi connectivity index (χ2n) is 8.89. The molecule has 1 N–H and O–H groups in total. The van der Waals surface area contributed by atoms with Crippen LogP contribution in [0.4, 0.5) is 0 Å². The fraction of sp³-hybridized carbons (Fsp3) is 0.615. The number of nitrogens with zero attached hydrogens (tertiary/aromatic N) is 2. The number of rotatable bonds is 13. The van der Waals surface area contributed by atoms with Crippen molar-refractivity contribution in [2.45, 2.75) is 78.2 Å². The van der Waals surface area contributed by atoms with Crippen LogP contribution in [0.2, 0.25) is 0 Å². The number of nitrogens with one attached hydrogen (secondary N) is 1. The van der Waals surface area contributed by atoms with E-state index in [4.69, 9.17) is 0 Å². The minimum absolute atomic E-state index is 0.0785. The van der Waals surface area contributed by atoms with Gasteiger partial charge in [0.2, 0.25) is 0 Å². The highest BCUT2D eigenvalue weighted by atomic mass is 32.2. The molecule has 2 heterocycles. The lowest BCUT2D eigenvalue weighted by molar-refractivity contribution is 0.0742. The van der Waals surface area contributed by atoms with Crippen molar-refractivity contribution in [3.05, 3.63) is 40.5 Å². The number of amides is 1. The number of unbranched alkanes of at least 4 members (excludes halogenated alkanes) is 7. The number of hydrogen-bond donors (Lipinski definition) is 1. The molecule has 1 aliphatic rings. The van der Waals surface area contributed by atoms with Gasteiger partial charge in [-0.3, -0.25) is 4.79 Å². The van der Waals surface area contributed by atoms with Crippen LogP contribution in [0.25, 0.3) is 10.4 Å². The summed E-state index contributed by atoms with van der Waals surface area (Å²) in [5, 5.41) is 4.55. The summed E-state index contributed by atoms with van der Waals surface area (Å²) >= 11 is 3.46. The molecule has 0 saturated carbocycles. The number of aryl methyl sites for hydroxylation is 2. The van der Waals surface area contributed by atoms with E-state index < -0.39 is 0 Å². The molecule has 1 fully saturated rings. The lowest BCUT2D eigenvalue weighted by Gasteiger charge is -2.24. The Morgan fingerprint density at radius 3 is 2.62 bits per heavy atom. The summed E-state index contributed by atoms with van der Waals surface area (Å²) in [6, 6.07) is 8.61. The summed E-state index contributed by atoms with van der Waals surface area (Å²) in [6.07, 6.45) is 10.7. The Morgan fingerprint density at radius 2 is 1.88 bits per heavy atom. The molecule has 0 spiro atoms. The number of benzene rings is 1. The number of carbonyl (C=O) groups excluding carboxylic acids is 1. The minimum Gasteiger partial charge on any atom is -0.323 e. The van der Waals surface area contributed by atoms with E-state index in [-0.39, 0.29) is 11.9 Å². The van der Waals surface area contributed by atoms with Gasteiger partial charge in [-0.05, 0) is 32.4 Å². The third kappa shape index (κ3) is 7.32. The van der Waals surface area contributed by atoms with Crippen LogP contribution in [0.15, 0.2) is 24.3 Å². The Bertz CT molecular complexity index is 851. The molecule has 1 aliphatic heterocycles. The SMILES string of the molecule is CCCCCCCCCCNC[C@@H]1CSCN1C(=O)c1nc(C)sc1-c1cccc(C)c1. The maximum atomic E-state index is 13.5. The van der Waals surface area contributed by atoms with Gasteiger partial charge < -0.3 is 10.2 Å². The average molecular weight is 474 g/mol. The van der Waals surface area contributed by atoms with Crippen molar-refractivity contribution in [1.82, 2.24) is 15.2 Å². The number of thiazole rings is 1. The Labute approximate surface area is 202 Å². The maximum Gasteiger partial charge on any atom is 0.274 e. The highest BCUT2D eigenvalue weighted by molar-refractivity contribution is 7.99. The van der Waals surface area contributed by atoms with Crippen molar-refractivity contribution in [2.24, 2.45) is 0 Å². The van der Waals surface area contributed by atoms with E-state index in [1.165, 1.54) is 56.9 Å². The first kappa shape index (κ1) is 25.3. The van der Waals surface area contributed by atoms with Gasteiger partial charge in [-0.15, -0.1) is 23.1 Å². The molecule has 0 radical (unpaired) electrons. The number of hydrogen-bond acceptors (Lipinski definition) is 5. The molecular formula is C26H39N3OS2. The van der Waals surface area contributed by atoms with Crippen LogP contribution in [-0.4, -0.2) is 46.6 Å². The lowest BCUT2D eigenvalue weighted by atomic mass is 10.1. The summed E-state index contributed by atoms with van der Waals surface area (Å²) in [6.45, 7) is 8.26. The second kappa shape index (κ2) is 13.4. The standard InChI is InChI=1S/C26H39N3OS2/c1-4-5-6-7-8-9-10-11-15-27-17-23-18-31-19-29(23)26(30)24-25(32-21(3)28-24)22-14-12-13-20(2)16-22/h12-14,16,23,27H,4-11,15,17-19H2,1-3H3/t23-/m1/s1. The average Bonchev–Trinajstić information content (AvgIpc) is 3.41. The summed E-state index contributed by atoms with van der Waals surface area (Å²) in [5.41, 5.74) is 2.91. The zero-order chi connectivity index (χ0) is 22.8. The van der Waals surface area contributed by atoms with Crippen molar-refractivity contribution in [2.75, 3.05) is 24.7 Å². The number of carbonyl (C=O) groups is 1. The quantitative estimate of drug-likeness (QED) is 0.330. The van der Waals surface area contributed by atoms with Gasteiger partial charge in [-0.1, -0.05) is 81.7 Å². The predicted molar refractivity (Wildman–Crippen MR) is 140 cm³/mol. The molecule has 6 heteroatoms. The van der Waals surface area contributed by atoms with Crippen LogP contribution in [0.1, 0.15) is 79.3 Å². The molecule has 1 amide bonds. The van der Waals surface area contributed by atoms with Crippen molar-refractivity contribution in [3.8, 4) is 10.4 Å². The fourth-order valence-electron chi connectivity index (χ4n) is 4.22. The van der Waals surface area contributed by atoms with E-state index in [9.17, 15) is 4.79 Å². The number of aromatic nitrogens is 1. The highest BCUT2D eigenvalue weighted by Gasteiger charge is 2.32. The summed E-state index contributed by atoms with van der Waals surface area (Å²) in [7, 11) is 0. The smallest absolute Gasteiger partial charge is 0.274 e. The summed E-state index contributed by atoms with van der Waals surface area (Å²) in [4.78, 5) is 21.1. The molecule has 1 atom stereocenters. The van der Waals surface area contributed by atoms with Gasteiger partial charge in [0.15, 0.2) is 0 Å². The Hall–Kier alpha value is -1.37. The molecular weight excluding hydrogens is 434 g/mol. The minimum atomic E-state index is 0.0785. The van der Waals surface area contributed by atoms with Crippen molar-refractivity contribution < 1.29 is 4.79 Å². The van der Waals surface area contributed by atoms with Gasteiger partial charge in [0.25, 0.3) is 5.91 Å². The first-order valence-corrected chi connectivity index (χ1v) is 14.2. The fourth-order valence-corrected chi connectivity index (χ4v) is 6.33. The topological polar surface area (TPSA) is 45.2 Å². The van der Waals surface area contributed by atoms with Crippen LogP contribution in [-0.2, 0) is 0 Å². The Balaban J connectivity index is 1.48. The van der Waals surface area contributed by atoms with Gasteiger partial charge in [-0.2, -0.15) is 0 Å². The van der Waals surface area contributed by atoms with E-state index in [0.29, 0.717) is 5.69 Å². The maximum absolute atomic E-state index is 13.5. The molecule has 0 unspecified atom stereocenters. The lowest BCUT2D eigenvalue weighted by Crippen LogP contribution is -2.43. The van der Waals surface area contributed by atoms with Crippen LogP contribution < -0.4 is 5.32 Å². The van der Waals surface area contributed by atoms with E-state index in [2.05, 4.69) is 48.4 Å². The third-order valence-electron chi connectivity index (χ3n) is 6.05. The van der Waals surface area contributed by atoms with Crippen molar-refractivity contribution >= 4 is 29.0 Å². The second-order valence-corrected chi connectivity index (χ2v) is 11.1. The molecule has 3 rings (SSSR count). The van der Waals surface area contributed by atoms with Gasteiger partial charge >= 0.3 is 0 Å². The van der Waals surface area contributed by atoms with Gasteiger partial charge in [-0.25, -0.2) is 4.98 Å². The van der Waals surface area contributed by atoms with Crippen molar-refractivity contribution in [3.63, 3.8) is 0 Å². The molecule has 0 aliphatic carbocycles. The third-order valence-corrected chi connectivity index (χ3v) is 8.15. The normalized spacial score (nSPS) is 16.1. The first-order chi connectivity index (χ1) is 15.6. The van der Waals surface area contributed by atoms with Crippen LogP contribution in [0, 0.1) is 13.8 Å². The molecule has 32 heavy (non-hydrogen) atoms. The first-order valence-electron chi connectivity index (χ1n) is 12.2. The van der Waals surface area contributed by atoms with E-state index >= 15 is 0 Å². The monoisotopic (exact) mass is 473 g/mol. The molecule has 1 saturated heterocycles. The van der Waals surface area contributed by atoms with Crippen LogP contribution in [0.3, 0.4) is 0 Å². The molecule has 1 aromatic carbocycles. The van der Waals surface area contributed by atoms with Crippen molar-refractivity contribution in [1.29, 1.82) is 0 Å². The summed E-state index contributed by atoms with van der Waals surface area (Å²) < 4.78 is 0. The van der Waals surface area contributed by atoms with Gasteiger partial charge in [0.05, 0.1) is 21.8 Å². The van der Waals surface area contributed by atoms with Crippen LogP contribution >= 0.6 is 23.1 Å². The Morgan fingerprint density at radius 1 is 1.12 bits per heavy atom. The van der Waals surface area contributed by atoms with E-state index in [0.717, 1.165) is 40.2 Å². The van der Waals surface area contributed by atoms with Crippen LogP contribution in [0.5, 0.6) is 0 Å². The highest BCUT2D eigenvalue weighted by Crippen LogP contribution is 2.33. The largest absolute Gasteiger partial charge is 0.323 e. The zero-order valence-electron chi connectivity index (χ0n) is 20.0. The number of thioether (sulfide) groups is 1. The summed E-state index contributed by atoms with van der Waals surface area (Å²) in [5.74, 6) is 1.83. The predicted octanol–water partition coefficient (Wildman–Crippen LogP) is 6.67. The van der Waals surface area contributed by atoms with E-state index in [1.807, 2.05) is 23.6 Å². The molecule has 1 aromatic heterocycles. The zero-order valence-corrected chi connectivity index (χ0v) is 21.6. The molecule has 176 valence electrons.